The summed E-state index contributed by atoms with van der Waals surface area (Å²) < 4.78 is 5.51. The number of hydrogen-bond donors (Lipinski definition) is 1. The molecule has 0 unspecified atom stereocenters. The molecule has 0 bridgehead atoms. The van der Waals surface area contributed by atoms with Crippen LogP contribution in [0.1, 0.15) is 33.1 Å². The Hall–Kier alpha value is -1.78. The van der Waals surface area contributed by atoms with Gasteiger partial charge in [-0.05, 0) is 25.5 Å². The average Bonchev–Trinajstić information content (AvgIpc) is 2.35. The predicted molar refractivity (Wildman–Crippen MR) is 72.3 cm³/mol. The summed E-state index contributed by atoms with van der Waals surface area (Å²) in [6, 6.07) is 5.10. The minimum atomic E-state index is -0.396. The Bertz CT molecular complexity index is 394. The molecule has 0 heterocycles. The normalized spacial score (nSPS) is 10.1. The fourth-order valence-electron chi connectivity index (χ4n) is 1.69. The van der Waals surface area contributed by atoms with Crippen molar-refractivity contribution >= 4 is 11.4 Å². The second kappa shape index (κ2) is 7.53. The zero-order chi connectivity index (χ0) is 13.4. The van der Waals surface area contributed by atoms with Crippen LogP contribution in [0.15, 0.2) is 18.2 Å². The van der Waals surface area contributed by atoms with Crippen molar-refractivity contribution < 1.29 is 9.66 Å². The first-order chi connectivity index (χ1) is 8.70. The van der Waals surface area contributed by atoms with Crippen LogP contribution in [0.2, 0.25) is 0 Å². The number of ether oxygens (including phenoxy) is 1. The molecule has 1 rings (SSSR count). The van der Waals surface area contributed by atoms with Gasteiger partial charge in [-0.1, -0.05) is 25.8 Å². The molecule has 0 aromatic heterocycles. The first kappa shape index (κ1) is 14.3. The number of nitrogens with one attached hydrogen (secondary N) is 1. The molecule has 5 heteroatoms. The summed E-state index contributed by atoms with van der Waals surface area (Å²) in [5.74, 6) is 0.342. The molecular weight excluding hydrogens is 232 g/mol. The van der Waals surface area contributed by atoms with E-state index >= 15 is 0 Å². The maximum Gasteiger partial charge on any atom is 0.333 e. The monoisotopic (exact) mass is 252 g/mol. The molecule has 1 N–H and O–H groups in total. The van der Waals surface area contributed by atoms with Crippen molar-refractivity contribution in [1.82, 2.24) is 0 Å². The van der Waals surface area contributed by atoms with E-state index in [-0.39, 0.29) is 5.69 Å². The van der Waals surface area contributed by atoms with Gasteiger partial charge >= 0.3 is 5.69 Å². The fourth-order valence-corrected chi connectivity index (χ4v) is 1.69. The smallest absolute Gasteiger partial charge is 0.333 e. The summed E-state index contributed by atoms with van der Waals surface area (Å²) in [5, 5.41) is 14.1. The van der Waals surface area contributed by atoms with Crippen LogP contribution in [0.5, 0.6) is 5.75 Å². The van der Waals surface area contributed by atoms with Gasteiger partial charge in [-0.25, -0.2) is 0 Å². The zero-order valence-electron chi connectivity index (χ0n) is 10.9. The molecule has 18 heavy (non-hydrogen) atoms. The van der Waals surface area contributed by atoms with Crippen LogP contribution in [0.25, 0.3) is 0 Å². The third-order valence-electron chi connectivity index (χ3n) is 2.55. The number of benzene rings is 1. The van der Waals surface area contributed by atoms with E-state index in [2.05, 4.69) is 12.2 Å². The Labute approximate surface area is 107 Å². The third kappa shape index (κ3) is 3.91. The molecule has 0 amide bonds. The van der Waals surface area contributed by atoms with Crippen LogP contribution in [0.4, 0.5) is 11.4 Å². The van der Waals surface area contributed by atoms with Gasteiger partial charge in [0.2, 0.25) is 0 Å². The van der Waals surface area contributed by atoms with E-state index in [1.165, 1.54) is 0 Å². The molecule has 0 spiro atoms. The van der Waals surface area contributed by atoms with Gasteiger partial charge in [-0.2, -0.15) is 0 Å². The lowest BCUT2D eigenvalue weighted by Gasteiger charge is -2.10. The third-order valence-corrected chi connectivity index (χ3v) is 2.55. The molecule has 0 aliphatic carbocycles. The van der Waals surface area contributed by atoms with Gasteiger partial charge in [0.1, 0.15) is 5.69 Å². The second-order valence-electron chi connectivity index (χ2n) is 4.00. The van der Waals surface area contributed by atoms with E-state index in [9.17, 15) is 10.1 Å². The van der Waals surface area contributed by atoms with Crippen LogP contribution in [0.3, 0.4) is 0 Å². The van der Waals surface area contributed by atoms with Crippen molar-refractivity contribution in [3.8, 4) is 5.75 Å². The molecule has 0 saturated heterocycles. The van der Waals surface area contributed by atoms with Gasteiger partial charge in [-0.15, -0.1) is 0 Å². The molecule has 0 fully saturated rings. The second-order valence-corrected chi connectivity index (χ2v) is 4.00. The quantitative estimate of drug-likeness (QED) is 0.436. The fraction of sp³-hybridized carbons (Fsp3) is 0.538. The molecule has 0 saturated carbocycles. The Kier molecular flexibility index (Phi) is 5.97. The maximum atomic E-state index is 11.1. The minimum Gasteiger partial charge on any atom is -0.487 e. The molecule has 0 atom stereocenters. The van der Waals surface area contributed by atoms with Gasteiger partial charge in [0.15, 0.2) is 5.75 Å². The van der Waals surface area contributed by atoms with E-state index in [0.717, 1.165) is 19.3 Å². The highest BCUT2D eigenvalue weighted by molar-refractivity contribution is 5.68. The zero-order valence-corrected chi connectivity index (χ0v) is 10.9. The standard InChI is InChI=1S/C13H20N2O3/c1-3-5-6-10-18-12-9-7-8-11(14-4-2)13(12)15(16)17/h7-9,14H,3-6,10H2,1-2H3. The van der Waals surface area contributed by atoms with Gasteiger partial charge in [0, 0.05) is 6.54 Å². The first-order valence-electron chi connectivity index (χ1n) is 6.34. The van der Waals surface area contributed by atoms with E-state index in [0.29, 0.717) is 24.6 Å². The Morgan fingerprint density at radius 1 is 1.33 bits per heavy atom. The number of nitrogens with zero attached hydrogens (tertiary/aromatic N) is 1. The Balaban J connectivity index is 2.82. The van der Waals surface area contributed by atoms with Crippen molar-refractivity contribution in [2.24, 2.45) is 0 Å². The van der Waals surface area contributed by atoms with E-state index in [1.807, 2.05) is 6.92 Å². The number of para-hydroxylation sites is 1. The summed E-state index contributed by atoms with van der Waals surface area (Å²) >= 11 is 0. The number of hydrogen-bond acceptors (Lipinski definition) is 4. The predicted octanol–water partition coefficient (Wildman–Crippen LogP) is 3.60. The van der Waals surface area contributed by atoms with Crippen LogP contribution in [0, 0.1) is 10.1 Å². The number of anilines is 1. The Morgan fingerprint density at radius 3 is 2.72 bits per heavy atom. The molecule has 1 aromatic carbocycles. The van der Waals surface area contributed by atoms with E-state index < -0.39 is 4.92 Å². The average molecular weight is 252 g/mol. The van der Waals surface area contributed by atoms with Gasteiger partial charge in [0.25, 0.3) is 0 Å². The van der Waals surface area contributed by atoms with Gasteiger partial charge < -0.3 is 10.1 Å². The lowest BCUT2D eigenvalue weighted by Crippen LogP contribution is -2.05. The summed E-state index contributed by atoms with van der Waals surface area (Å²) in [7, 11) is 0. The first-order valence-corrected chi connectivity index (χ1v) is 6.34. The number of rotatable bonds is 8. The summed E-state index contributed by atoms with van der Waals surface area (Å²) in [6.07, 6.45) is 3.09. The maximum absolute atomic E-state index is 11.1. The van der Waals surface area contributed by atoms with Crippen molar-refractivity contribution in [1.29, 1.82) is 0 Å². The molecule has 0 aliphatic heterocycles. The minimum absolute atomic E-state index is 0.0239. The molecule has 0 aliphatic rings. The molecule has 0 radical (unpaired) electrons. The van der Waals surface area contributed by atoms with Crippen LogP contribution in [-0.2, 0) is 0 Å². The lowest BCUT2D eigenvalue weighted by molar-refractivity contribution is -0.385. The van der Waals surface area contributed by atoms with E-state index in [1.54, 1.807) is 18.2 Å². The number of nitro groups is 1. The van der Waals surface area contributed by atoms with Gasteiger partial charge in [-0.3, -0.25) is 10.1 Å². The summed E-state index contributed by atoms with van der Waals surface area (Å²) in [6.45, 7) is 5.16. The van der Waals surface area contributed by atoms with Gasteiger partial charge in [0.05, 0.1) is 11.5 Å². The van der Waals surface area contributed by atoms with Crippen molar-refractivity contribution in [2.75, 3.05) is 18.5 Å². The summed E-state index contributed by atoms with van der Waals surface area (Å²) in [5.41, 5.74) is 0.534. The molecule has 1 aromatic rings. The van der Waals surface area contributed by atoms with Crippen LogP contribution in [-0.4, -0.2) is 18.1 Å². The van der Waals surface area contributed by atoms with Crippen LogP contribution >= 0.6 is 0 Å². The van der Waals surface area contributed by atoms with Crippen molar-refractivity contribution in [3.05, 3.63) is 28.3 Å². The number of nitro benzene ring substituents is 1. The topological polar surface area (TPSA) is 64.4 Å². The highest BCUT2D eigenvalue weighted by Crippen LogP contribution is 2.34. The highest BCUT2D eigenvalue weighted by atomic mass is 16.6. The molecule has 5 nitrogen and oxygen atoms in total. The van der Waals surface area contributed by atoms with Crippen molar-refractivity contribution in [2.45, 2.75) is 33.1 Å². The Morgan fingerprint density at radius 2 is 2.11 bits per heavy atom. The summed E-state index contributed by atoms with van der Waals surface area (Å²) in [4.78, 5) is 10.7. The van der Waals surface area contributed by atoms with Crippen molar-refractivity contribution in [3.63, 3.8) is 0 Å². The SMILES string of the molecule is CCCCCOc1cccc(NCC)c1[N+](=O)[O-]. The molecule has 100 valence electrons. The van der Waals surface area contributed by atoms with Crippen LogP contribution < -0.4 is 10.1 Å². The highest BCUT2D eigenvalue weighted by Gasteiger charge is 2.20. The largest absolute Gasteiger partial charge is 0.487 e. The number of unbranched alkanes of at least 4 members (excludes halogenated alkanes) is 2. The lowest BCUT2D eigenvalue weighted by atomic mass is 10.2. The van der Waals surface area contributed by atoms with E-state index in [4.69, 9.17) is 4.74 Å². The molecular formula is C13H20N2O3.